The van der Waals surface area contributed by atoms with Crippen molar-refractivity contribution in [2.45, 2.75) is 6.42 Å². The molecule has 0 bridgehead atoms. The maximum absolute atomic E-state index is 11.9. The van der Waals surface area contributed by atoms with E-state index in [1.54, 1.807) is 12.1 Å². The maximum Gasteiger partial charge on any atom is 0.287 e. The minimum absolute atomic E-state index is 0.158. The molecule has 1 N–H and O–H groups in total. The zero-order valence-corrected chi connectivity index (χ0v) is 15.2. The summed E-state index contributed by atoms with van der Waals surface area (Å²) in [7, 11) is 0. The van der Waals surface area contributed by atoms with Crippen molar-refractivity contribution in [3.63, 3.8) is 0 Å². The van der Waals surface area contributed by atoms with E-state index in [1.165, 1.54) is 5.69 Å². The number of anilines is 1. The van der Waals surface area contributed by atoms with Crippen LogP contribution in [0.3, 0.4) is 0 Å². The number of carbonyl (C=O) groups excluding carboxylic acids is 1. The number of hydrogen-bond donors (Lipinski definition) is 1. The predicted molar refractivity (Wildman–Crippen MR) is 98.5 cm³/mol. The van der Waals surface area contributed by atoms with Crippen molar-refractivity contribution in [1.82, 2.24) is 10.2 Å². The van der Waals surface area contributed by atoms with Crippen molar-refractivity contribution >= 4 is 27.5 Å². The van der Waals surface area contributed by atoms with Crippen LogP contribution in [0.2, 0.25) is 0 Å². The molecule has 1 amide bonds. The summed E-state index contributed by atoms with van der Waals surface area (Å²) in [6, 6.07) is 13.9. The van der Waals surface area contributed by atoms with Gasteiger partial charge in [-0.25, -0.2) is 0 Å². The van der Waals surface area contributed by atoms with Crippen LogP contribution in [-0.2, 0) is 0 Å². The zero-order chi connectivity index (χ0) is 16.8. The first-order valence-electron chi connectivity index (χ1n) is 8.28. The minimum Gasteiger partial charge on any atom is -0.444 e. The van der Waals surface area contributed by atoms with E-state index < -0.39 is 0 Å². The second-order valence-electron chi connectivity index (χ2n) is 5.88. The molecule has 2 heterocycles. The smallest absolute Gasteiger partial charge is 0.287 e. The third-order valence-electron chi connectivity index (χ3n) is 4.23. The van der Waals surface area contributed by atoms with Gasteiger partial charge in [-0.3, -0.25) is 9.69 Å². The number of nitrogens with zero attached hydrogens (tertiary/aromatic N) is 2. The number of carbonyl (C=O) groups is 1. The summed E-state index contributed by atoms with van der Waals surface area (Å²) in [5, 5.41) is 2.90. The number of rotatable bonds is 6. The average molecular weight is 392 g/mol. The van der Waals surface area contributed by atoms with Gasteiger partial charge >= 0.3 is 0 Å². The highest BCUT2D eigenvalue weighted by Crippen LogP contribution is 2.16. The molecule has 1 aliphatic heterocycles. The monoisotopic (exact) mass is 391 g/mol. The Kier molecular flexibility index (Phi) is 5.93. The van der Waals surface area contributed by atoms with Crippen molar-refractivity contribution in [2.75, 3.05) is 44.2 Å². The Morgan fingerprint density at radius 2 is 1.83 bits per heavy atom. The molecule has 24 heavy (non-hydrogen) atoms. The number of halogens is 1. The van der Waals surface area contributed by atoms with E-state index in [9.17, 15) is 4.79 Å². The van der Waals surface area contributed by atoms with Crippen molar-refractivity contribution in [3.05, 3.63) is 52.9 Å². The van der Waals surface area contributed by atoms with E-state index in [4.69, 9.17) is 4.42 Å². The fraction of sp³-hybridized carbons (Fsp3) is 0.389. The summed E-state index contributed by atoms with van der Waals surface area (Å²) in [5.74, 6) is 0.188. The number of nitrogens with one attached hydrogen (secondary N) is 1. The lowest BCUT2D eigenvalue weighted by Crippen LogP contribution is -2.47. The SMILES string of the molecule is O=C(NCCCN1CCN(c2ccccc2)CC1)c1ccc(Br)o1. The van der Waals surface area contributed by atoms with E-state index in [1.807, 2.05) is 0 Å². The molecule has 128 valence electrons. The van der Waals surface area contributed by atoms with E-state index >= 15 is 0 Å². The van der Waals surface area contributed by atoms with Crippen molar-refractivity contribution < 1.29 is 9.21 Å². The van der Waals surface area contributed by atoms with Crippen molar-refractivity contribution in [1.29, 1.82) is 0 Å². The summed E-state index contributed by atoms with van der Waals surface area (Å²) in [5.41, 5.74) is 1.30. The lowest BCUT2D eigenvalue weighted by atomic mass is 10.2. The van der Waals surface area contributed by atoms with E-state index in [2.05, 4.69) is 61.4 Å². The first-order chi connectivity index (χ1) is 11.7. The van der Waals surface area contributed by atoms with Crippen molar-refractivity contribution in [3.8, 4) is 0 Å². The van der Waals surface area contributed by atoms with Gasteiger partial charge in [0.15, 0.2) is 10.4 Å². The fourth-order valence-corrected chi connectivity index (χ4v) is 3.20. The van der Waals surface area contributed by atoms with Gasteiger partial charge in [0, 0.05) is 38.4 Å². The molecule has 0 aliphatic carbocycles. The predicted octanol–water partition coefficient (Wildman–Crippen LogP) is 2.98. The number of amides is 1. The number of hydrogen-bond acceptors (Lipinski definition) is 4. The number of furan rings is 1. The van der Waals surface area contributed by atoms with Crippen LogP contribution in [0.4, 0.5) is 5.69 Å². The molecule has 6 heteroatoms. The molecule has 1 aromatic heterocycles. The largest absolute Gasteiger partial charge is 0.444 e. The summed E-state index contributed by atoms with van der Waals surface area (Å²) in [4.78, 5) is 16.7. The molecule has 1 fully saturated rings. The van der Waals surface area contributed by atoms with Crippen LogP contribution in [0.15, 0.2) is 51.6 Å². The van der Waals surface area contributed by atoms with Crippen LogP contribution >= 0.6 is 15.9 Å². The summed E-state index contributed by atoms with van der Waals surface area (Å²) < 4.78 is 5.81. The molecule has 2 aromatic rings. The van der Waals surface area contributed by atoms with Crippen LogP contribution in [0.25, 0.3) is 0 Å². The van der Waals surface area contributed by atoms with Gasteiger partial charge in [-0.15, -0.1) is 0 Å². The maximum atomic E-state index is 11.9. The molecule has 0 unspecified atom stereocenters. The topological polar surface area (TPSA) is 48.7 Å². The first kappa shape index (κ1) is 17.0. The highest BCUT2D eigenvalue weighted by molar-refractivity contribution is 9.10. The Balaban J connectivity index is 1.33. The van der Waals surface area contributed by atoms with Crippen LogP contribution in [0.5, 0.6) is 0 Å². The van der Waals surface area contributed by atoms with E-state index in [-0.39, 0.29) is 5.91 Å². The first-order valence-corrected chi connectivity index (χ1v) is 9.07. The van der Waals surface area contributed by atoms with Gasteiger partial charge < -0.3 is 14.6 Å². The summed E-state index contributed by atoms with van der Waals surface area (Å²) in [6.07, 6.45) is 0.943. The molecule has 3 rings (SSSR count). The normalized spacial score (nSPS) is 15.5. The Bertz CT molecular complexity index is 651. The Hall–Kier alpha value is -1.79. The second kappa shape index (κ2) is 8.35. The van der Waals surface area contributed by atoms with Gasteiger partial charge in [-0.2, -0.15) is 0 Å². The number of benzene rings is 1. The van der Waals surface area contributed by atoms with Crippen LogP contribution in [-0.4, -0.2) is 50.1 Å². The van der Waals surface area contributed by atoms with Gasteiger partial charge in [-0.1, -0.05) is 18.2 Å². The molecular weight excluding hydrogens is 370 g/mol. The fourth-order valence-electron chi connectivity index (χ4n) is 2.90. The Morgan fingerprint density at radius 3 is 2.50 bits per heavy atom. The quantitative estimate of drug-likeness (QED) is 0.768. The summed E-state index contributed by atoms with van der Waals surface area (Å²) in [6.45, 7) is 5.90. The molecule has 1 saturated heterocycles. The van der Waals surface area contributed by atoms with Crippen LogP contribution in [0, 0.1) is 0 Å². The molecule has 0 spiro atoms. The molecule has 0 saturated carbocycles. The summed E-state index contributed by atoms with van der Waals surface area (Å²) >= 11 is 3.20. The zero-order valence-electron chi connectivity index (χ0n) is 13.6. The van der Waals surface area contributed by atoms with Gasteiger partial charge in [-0.05, 0) is 53.2 Å². The molecule has 0 radical (unpaired) electrons. The van der Waals surface area contributed by atoms with Gasteiger partial charge in [0.1, 0.15) is 0 Å². The molecular formula is C18H22BrN3O2. The highest BCUT2D eigenvalue weighted by atomic mass is 79.9. The second-order valence-corrected chi connectivity index (χ2v) is 6.66. The molecule has 0 atom stereocenters. The number of piperazine rings is 1. The van der Waals surface area contributed by atoms with Gasteiger partial charge in [0.05, 0.1) is 0 Å². The average Bonchev–Trinajstić information content (AvgIpc) is 3.06. The molecule has 1 aromatic carbocycles. The third kappa shape index (κ3) is 4.61. The number of para-hydroxylation sites is 1. The van der Waals surface area contributed by atoms with Crippen molar-refractivity contribution in [2.24, 2.45) is 0 Å². The highest BCUT2D eigenvalue weighted by Gasteiger charge is 2.16. The van der Waals surface area contributed by atoms with Gasteiger partial charge in [0.2, 0.25) is 0 Å². The standard InChI is InChI=1S/C18H22BrN3O2/c19-17-8-7-16(24-17)18(23)20-9-4-10-21-11-13-22(14-12-21)15-5-2-1-3-6-15/h1-3,5-8H,4,9-14H2,(H,20,23). The Morgan fingerprint density at radius 1 is 1.08 bits per heavy atom. The molecule has 1 aliphatic rings. The van der Waals surface area contributed by atoms with E-state index in [0.29, 0.717) is 17.0 Å². The van der Waals surface area contributed by atoms with Crippen LogP contribution in [0.1, 0.15) is 17.0 Å². The van der Waals surface area contributed by atoms with Crippen LogP contribution < -0.4 is 10.2 Å². The molecule has 5 nitrogen and oxygen atoms in total. The third-order valence-corrected chi connectivity index (χ3v) is 4.65. The minimum atomic E-state index is -0.158. The van der Waals surface area contributed by atoms with E-state index in [0.717, 1.165) is 39.1 Å². The lowest BCUT2D eigenvalue weighted by molar-refractivity contribution is 0.0922. The lowest BCUT2D eigenvalue weighted by Gasteiger charge is -2.36. The Labute approximate surface area is 150 Å². The van der Waals surface area contributed by atoms with Gasteiger partial charge in [0.25, 0.3) is 5.91 Å².